The minimum atomic E-state index is -0.156. The summed E-state index contributed by atoms with van der Waals surface area (Å²) in [6.07, 6.45) is 5.23. The quantitative estimate of drug-likeness (QED) is 0.884. The van der Waals surface area contributed by atoms with E-state index in [2.05, 4.69) is 17.3 Å². The number of hydrogen-bond acceptors (Lipinski definition) is 2. The van der Waals surface area contributed by atoms with Crippen molar-refractivity contribution in [3.05, 3.63) is 35.6 Å². The van der Waals surface area contributed by atoms with Crippen molar-refractivity contribution in [2.75, 3.05) is 7.05 Å². The number of nitrogens with one attached hydrogen (secondary N) is 1. The van der Waals surface area contributed by atoms with Crippen molar-refractivity contribution in [1.82, 2.24) is 10.2 Å². The van der Waals surface area contributed by atoms with E-state index in [0.29, 0.717) is 6.04 Å². The van der Waals surface area contributed by atoms with Crippen LogP contribution in [0.25, 0.3) is 0 Å². The Morgan fingerprint density at radius 3 is 2.39 bits per heavy atom. The molecule has 1 N–H and O–H groups in total. The smallest absolute Gasteiger partial charge is 0.123 e. The van der Waals surface area contributed by atoms with Gasteiger partial charge in [-0.05, 0) is 50.4 Å². The van der Waals surface area contributed by atoms with Crippen molar-refractivity contribution >= 4 is 0 Å². The van der Waals surface area contributed by atoms with Crippen LogP contribution in [-0.4, -0.2) is 30.1 Å². The van der Waals surface area contributed by atoms with Crippen molar-refractivity contribution in [3.8, 4) is 0 Å². The summed E-state index contributed by atoms with van der Waals surface area (Å²) >= 11 is 0. The van der Waals surface area contributed by atoms with Crippen LogP contribution in [0.2, 0.25) is 0 Å². The van der Waals surface area contributed by atoms with E-state index in [9.17, 15) is 4.39 Å². The van der Waals surface area contributed by atoms with Crippen molar-refractivity contribution in [2.24, 2.45) is 0 Å². The zero-order chi connectivity index (χ0) is 12.5. The number of nitrogens with zero attached hydrogens (tertiary/aromatic N) is 1. The van der Waals surface area contributed by atoms with Crippen molar-refractivity contribution < 1.29 is 4.39 Å². The standard InChI is InChI=1S/C15H21FN2/c1-18-14-6-7-15(18)9-13(8-14)17-10-11-2-4-12(16)5-3-11/h2-5,13-15,17H,6-10H2,1H3. The van der Waals surface area contributed by atoms with E-state index < -0.39 is 0 Å². The van der Waals surface area contributed by atoms with Gasteiger partial charge in [-0.3, -0.25) is 0 Å². The Kier molecular flexibility index (Phi) is 3.35. The second-order valence-electron chi connectivity index (χ2n) is 5.73. The molecule has 3 rings (SSSR count). The zero-order valence-corrected chi connectivity index (χ0v) is 10.9. The van der Waals surface area contributed by atoms with E-state index >= 15 is 0 Å². The highest BCUT2D eigenvalue weighted by Gasteiger charge is 2.37. The lowest BCUT2D eigenvalue weighted by Crippen LogP contribution is -2.46. The van der Waals surface area contributed by atoms with E-state index in [1.807, 2.05) is 12.1 Å². The predicted octanol–water partition coefficient (Wildman–Crippen LogP) is 2.54. The van der Waals surface area contributed by atoms with E-state index in [4.69, 9.17) is 0 Å². The third-order valence-corrected chi connectivity index (χ3v) is 4.61. The van der Waals surface area contributed by atoms with Gasteiger partial charge in [-0.25, -0.2) is 4.39 Å². The van der Waals surface area contributed by atoms with Crippen LogP contribution in [0.1, 0.15) is 31.2 Å². The molecular weight excluding hydrogens is 227 g/mol. The van der Waals surface area contributed by atoms with Crippen molar-refractivity contribution in [3.63, 3.8) is 0 Å². The Hall–Kier alpha value is -0.930. The monoisotopic (exact) mass is 248 g/mol. The molecule has 2 heterocycles. The fraction of sp³-hybridized carbons (Fsp3) is 0.600. The molecule has 2 nitrogen and oxygen atoms in total. The summed E-state index contributed by atoms with van der Waals surface area (Å²) in [6, 6.07) is 8.98. The predicted molar refractivity (Wildman–Crippen MR) is 70.8 cm³/mol. The number of rotatable bonds is 3. The maximum absolute atomic E-state index is 12.8. The van der Waals surface area contributed by atoms with Crippen LogP contribution in [0.4, 0.5) is 4.39 Å². The normalized spacial score (nSPS) is 31.8. The van der Waals surface area contributed by atoms with Crippen LogP contribution in [-0.2, 0) is 6.54 Å². The Morgan fingerprint density at radius 2 is 1.78 bits per heavy atom. The molecule has 2 fully saturated rings. The highest BCUT2D eigenvalue weighted by Crippen LogP contribution is 2.34. The van der Waals surface area contributed by atoms with Crippen LogP contribution in [0.15, 0.2) is 24.3 Å². The van der Waals surface area contributed by atoms with Crippen LogP contribution >= 0.6 is 0 Å². The molecule has 0 radical (unpaired) electrons. The lowest BCUT2D eigenvalue weighted by molar-refractivity contribution is 0.148. The molecule has 98 valence electrons. The lowest BCUT2D eigenvalue weighted by atomic mass is 9.98. The van der Waals surface area contributed by atoms with E-state index in [0.717, 1.165) is 18.6 Å². The van der Waals surface area contributed by atoms with Gasteiger partial charge in [0.2, 0.25) is 0 Å². The minimum absolute atomic E-state index is 0.156. The van der Waals surface area contributed by atoms with Gasteiger partial charge in [0.05, 0.1) is 0 Å². The fourth-order valence-electron chi connectivity index (χ4n) is 3.44. The number of hydrogen-bond donors (Lipinski definition) is 1. The molecule has 2 saturated heterocycles. The molecule has 2 atom stereocenters. The van der Waals surface area contributed by atoms with Gasteiger partial charge in [0.1, 0.15) is 5.82 Å². The van der Waals surface area contributed by atoms with Crippen LogP contribution in [0.5, 0.6) is 0 Å². The van der Waals surface area contributed by atoms with Gasteiger partial charge < -0.3 is 10.2 Å². The Morgan fingerprint density at radius 1 is 1.17 bits per heavy atom. The first kappa shape index (κ1) is 12.1. The van der Waals surface area contributed by atoms with E-state index in [1.165, 1.54) is 43.4 Å². The Balaban J connectivity index is 1.54. The summed E-state index contributed by atoms with van der Waals surface area (Å²) in [5.41, 5.74) is 1.17. The van der Waals surface area contributed by atoms with Crippen LogP contribution < -0.4 is 5.32 Å². The van der Waals surface area contributed by atoms with Gasteiger partial charge in [-0.15, -0.1) is 0 Å². The largest absolute Gasteiger partial charge is 0.310 e. The molecule has 1 aromatic rings. The molecule has 2 aliphatic heterocycles. The molecule has 1 aromatic carbocycles. The first-order valence-corrected chi connectivity index (χ1v) is 6.92. The zero-order valence-electron chi connectivity index (χ0n) is 10.9. The molecule has 0 aromatic heterocycles. The summed E-state index contributed by atoms with van der Waals surface area (Å²) < 4.78 is 12.8. The highest BCUT2D eigenvalue weighted by atomic mass is 19.1. The summed E-state index contributed by atoms with van der Waals surface area (Å²) in [7, 11) is 2.26. The van der Waals surface area contributed by atoms with Gasteiger partial charge in [0, 0.05) is 24.7 Å². The first-order valence-electron chi connectivity index (χ1n) is 6.92. The van der Waals surface area contributed by atoms with Gasteiger partial charge in [0.25, 0.3) is 0 Å². The average molecular weight is 248 g/mol. The van der Waals surface area contributed by atoms with Crippen molar-refractivity contribution in [1.29, 1.82) is 0 Å². The highest BCUT2D eigenvalue weighted by molar-refractivity contribution is 5.16. The second-order valence-corrected chi connectivity index (χ2v) is 5.73. The lowest BCUT2D eigenvalue weighted by Gasteiger charge is -2.36. The van der Waals surface area contributed by atoms with Gasteiger partial charge in [-0.1, -0.05) is 12.1 Å². The van der Waals surface area contributed by atoms with E-state index in [1.54, 1.807) is 0 Å². The molecule has 0 amide bonds. The third kappa shape index (κ3) is 2.43. The molecular formula is C15H21FN2. The fourth-order valence-corrected chi connectivity index (χ4v) is 3.44. The molecule has 2 bridgehead atoms. The van der Waals surface area contributed by atoms with Crippen LogP contribution in [0, 0.1) is 5.82 Å². The summed E-state index contributed by atoms with van der Waals surface area (Å²) in [6.45, 7) is 0.855. The maximum Gasteiger partial charge on any atom is 0.123 e. The van der Waals surface area contributed by atoms with Gasteiger partial charge >= 0.3 is 0 Å². The number of fused-ring (bicyclic) bond motifs is 2. The molecule has 2 unspecified atom stereocenters. The number of piperidine rings is 1. The topological polar surface area (TPSA) is 15.3 Å². The van der Waals surface area contributed by atoms with Crippen molar-refractivity contribution in [2.45, 2.75) is 50.4 Å². The summed E-state index contributed by atoms with van der Waals surface area (Å²) in [5, 5.41) is 3.63. The summed E-state index contributed by atoms with van der Waals surface area (Å²) in [4.78, 5) is 2.55. The Labute approximate surface area is 108 Å². The molecule has 18 heavy (non-hydrogen) atoms. The SMILES string of the molecule is CN1C2CCC1CC(NCc1ccc(F)cc1)C2. The molecule has 0 aliphatic carbocycles. The summed E-state index contributed by atoms with van der Waals surface area (Å²) in [5.74, 6) is -0.156. The molecule has 0 spiro atoms. The van der Waals surface area contributed by atoms with E-state index in [-0.39, 0.29) is 5.82 Å². The maximum atomic E-state index is 12.8. The molecule has 2 aliphatic rings. The number of halogens is 1. The second kappa shape index (κ2) is 4.98. The molecule has 3 heteroatoms. The van der Waals surface area contributed by atoms with Crippen LogP contribution in [0.3, 0.4) is 0 Å². The molecule has 0 saturated carbocycles. The first-order chi connectivity index (χ1) is 8.72. The Bertz CT molecular complexity index is 389. The third-order valence-electron chi connectivity index (χ3n) is 4.61. The average Bonchev–Trinajstić information content (AvgIpc) is 2.62. The minimum Gasteiger partial charge on any atom is -0.310 e. The van der Waals surface area contributed by atoms with Gasteiger partial charge in [0.15, 0.2) is 0 Å². The number of benzene rings is 1. The van der Waals surface area contributed by atoms with Gasteiger partial charge in [-0.2, -0.15) is 0 Å².